The predicted octanol–water partition coefficient (Wildman–Crippen LogP) is -0.0385. The van der Waals surface area contributed by atoms with Gasteiger partial charge >= 0.3 is 0 Å². The predicted molar refractivity (Wildman–Crippen MR) is 50.9 cm³/mol. The quantitative estimate of drug-likeness (QED) is 0.620. The van der Waals surface area contributed by atoms with Crippen LogP contribution in [0, 0.1) is 0 Å². The van der Waals surface area contributed by atoms with Gasteiger partial charge in [-0.15, -0.1) is 0 Å². The monoisotopic (exact) mass is 256 g/mol. The lowest BCUT2D eigenvalue weighted by Crippen LogP contribution is -2.22. The molecule has 0 bridgehead atoms. The molecule has 88 valence electrons. The first-order chi connectivity index (χ1) is 6.86. The second-order valence-electron chi connectivity index (χ2n) is 3.82. The number of rotatable bonds is 6. The van der Waals surface area contributed by atoms with Gasteiger partial charge in [0, 0.05) is 0 Å². The van der Waals surface area contributed by atoms with Crippen LogP contribution >= 0.6 is 0 Å². The molecule has 2 rings (SSSR count). The Kier molecular flexibility index (Phi) is 2.78. The lowest BCUT2D eigenvalue weighted by molar-refractivity contribution is 0.297. The van der Waals surface area contributed by atoms with E-state index in [1.165, 1.54) is 0 Å². The highest BCUT2D eigenvalue weighted by molar-refractivity contribution is 8.03. The van der Waals surface area contributed by atoms with Gasteiger partial charge in [-0.25, -0.2) is 0 Å². The minimum Gasteiger partial charge on any atom is -0.266 e. The molecule has 0 aromatic heterocycles. The van der Waals surface area contributed by atoms with E-state index in [9.17, 15) is 16.8 Å². The van der Waals surface area contributed by atoms with E-state index in [2.05, 4.69) is 8.37 Å². The van der Waals surface area contributed by atoms with E-state index in [0.717, 1.165) is 0 Å². The number of hydrogen-bond acceptors (Lipinski definition) is 6. The van der Waals surface area contributed by atoms with Crippen molar-refractivity contribution in [1.29, 1.82) is 0 Å². The molecule has 0 aliphatic heterocycles. The van der Waals surface area contributed by atoms with Crippen LogP contribution in [0.15, 0.2) is 0 Å². The summed E-state index contributed by atoms with van der Waals surface area (Å²) in [7, 11) is -8.01. The molecule has 0 saturated heterocycles. The summed E-state index contributed by atoms with van der Waals surface area (Å²) < 4.78 is 54.1. The zero-order valence-corrected chi connectivity index (χ0v) is 9.59. The molecule has 0 N–H and O–H groups in total. The summed E-state index contributed by atoms with van der Waals surface area (Å²) in [6.45, 7) is 0. The largest absolute Gasteiger partial charge is 0.284 e. The van der Waals surface area contributed by atoms with Crippen molar-refractivity contribution in [3.8, 4) is 0 Å². The maximum absolute atomic E-state index is 11.2. The Balaban J connectivity index is 1.92. The Morgan fingerprint density at radius 3 is 1.40 bits per heavy atom. The van der Waals surface area contributed by atoms with Gasteiger partial charge in [-0.05, 0) is 25.7 Å². The third-order valence-corrected chi connectivity index (χ3v) is 5.34. The van der Waals surface area contributed by atoms with Crippen LogP contribution in [0.3, 0.4) is 0 Å². The molecular formula is C7H12O6S2. The Hall–Kier alpha value is -0.180. The molecule has 2 aliphatic carbocycles. The van der Waals surface area contributed by atoms with Gasteiger partial charge in [-0.3, -0.25) is 8.37 Å². The topological polar surface area (TPSA) is 86.7 Å². The molecule has 2 saturated carbocycles. The molecule has 0 radical (unpaired) electrons. The molecule has 0 unspecified atom stereocenters. The second-order valence-corrected chi connectivity index (χ2v) is 7.38. The van der Waals surface area contributed by atoms with Gasteiger partial charge in [0.15, 0.2) is 0 Å². The minimum atomic E-state index is -4.01. The fourth-order valence-electron chi connectivity index (χ4n) is 0.976. The Labute approximate surface area is 88.8 Å². The third kappa shape index (κ3) is 4.06. The van der Waals surface area contributed by atoms with Crippen molar-refractivity contribution in [3.05, 3.63) is 0 Å². The van der Waals surface area contributed by atoms with Gasteiger partial charge < -0.3 is 0 Å². The molecule has 0 heterocycles. The molecule has 0 atom stereocenters. The van der Waals surface area contributed by atoms with E-state index in [0.29, 0.717) is 25.7 Å². The van der Waals surface area contributed by atoms with Crippen LogP contribution in [0.2, 0.25) is 0 Å². The Morgan fingerprint density at radius 1 is 0.800 bits per heavy atom. The van der Waals surface area contributed by atoms with Crippen LogP contribution < -0.4 is 0 Å². The van der Waals surface area contributed by atoms with Gasteiger partial charge in [0.25, 0.3) is 20.2 Å². The van der Waals surface area contributed by atoms with Crippen LogP contribution in [0.1, 0.15) is 25.7 Å². The highest BCUT2D eigenvalue weighted by atomic mass is 32.3. The van der Waals surface area contributed by atoms with Crippen molar-refractivity contribution in [2.45, 2.75) is 37.9 Å². The van der Waals surface area contributed by atoms with Gasteiger partial charge in [-0.1, -0.05) is 0 Å². The normalized spacial score (nSPS) is 22.9. The smallest absolute Gasteiger partial charge is 0.266 e. The van der Waals surface area contributed by atoms with Crippen LogP contribution in [0.25, 0.3) is 0 Å². The molecule has 0 aromatic rings. The molecule has 0 spiro atoms. The molecule has 2 fully saturated rings. The first-order valence-corrected chi connectivity index (χ1v) is 7.84. The molecule has 8 heteroatoms. The zero-order valence-electron chi connectivity index (χ0n) is 7.96. The van der Waals surface area contributed by atoms with Crippen molar-refractivity contribution >= 4 is 20.2 Å². The molecular weight excluding hydrogens is 244 g/mol. The van der Waals surface area contributed by atoms with Crippen LogP contribution in [-0.4, -0.2) is 34.1 Å². The van der Waals surface area contributed by atoms with E-state index in [4.69, 9.17) is 0 Å². The number of hydrogen-bond donors (Lipinski definition) is 0. The summed E-state index contributed by atoms with van der Waals surface area (Å²) in [6, 6.07) is 0. The minimum absolute atomic E-state index is 0.328. The Morgan fingerprint density at radius 2 is 1.13 bits per heavy atom. The van der Waals surface area contributed by atoms with Gasteiger partial charge in [0.2, 0.25) is 5.08 Å². The van der Waals surface area contributed by atoms with Crippen LogP contribution in [0.5, 0.6) is 0 Å². The van der Waals surface area contributed by atoms with Gasteiger partial charge in [-0.2, -0.15) is 16.8 Å². The van der Waals surface area contributed by atoms with E-state index in [-0.39, 0.29) is 12.2 Å². The summed E-state index contributed by atoms with van der Waals surface area (Å²) in [5.74, 6) is 0. The maximum Gasteiger partial charge on any atom is 0.284 e. The SMILES string of the molecule is O=S(=O)(CS(=O)(=O)OC1CC1)OC1CC1. The van der Waals surface area contributed by atoms with Gasteiger partial charge in [0.05, 0.1) is 12.2 Å². The molecule has 6 nitrogen and oxygen atoms in total. The van der Waals surface area contributed by atoms with Crippen molar-refractivity contribution in [3.63, 3.8) is 0 Å². The Bertz CT molecular complexity index is 386. The van der Waals surface area contributed by atoms with Crippen molar-refractivity contribution in [1.82, 2.24) is 0 Å². The zero-order chi connectivity index (χ0) is 11.1. The van der Waals surface area contributed by atoms with Crippen molar-refractivity contribution in [2.24, 2.45) is 0 Å². The van der Waals surface area contributed by atoms with E-state index in [1.54, 1.807) is 0 Å². The maximum atomic E-state index is 11.2. The standard InChI is InChI=1S/C7H12O6S2/c8-14(9,12-6-1-2-6)5-15(10,11)13-7-3-4-7/h6-7H,1-5H2. The summed E-state index contributed by atoms with van der Waals surface area (Å²) in [6.07, 6.45) is 2.02. The fourth-order valence-corrected chi connectivity index (χ4v) is 4.05. The highest BCUT2D eigenvalue weighted by Crippen LogP contribution is 2.28. The van der Waals surface area contributed by atoms with Crippen molar-refractivity contribution in [2.75, 3.05) is 5.08 Å². The first-order valence-electron chi connectivity index (χ1n) is 4.68. The average molecular weight is 256 g/mol. The molecule has 0 aromatic carbocycles. The summed E-state index contributed by atoms with van der Waals surface area (Å²) in [4.78, 5) is 0. The van der Waals surface area contributed by atoms with E-state index < -0.39 is 25.3 Å². The summed E-state index contributed by atoms with van der Waals surface area (Å²) in [5, 5.41) is -1.08. The first kappa shape index (κ1) is 11.3. The van der Waals surface area contributed by atoms with Crippen LogP contribution in [-0.2, 0) is 28.6 Å². The third-order valence-electron chi connectivity index (χ3n) is 1.90. The second kappa shape index (κ2) is 3.69. The van der Waals surface area contributed by atoms with Crippen molar-refractivity contribution < 1.29 is 25.2 Å². The molecule has 0 amide bonds. The average Bonchev–Trinajstić information content (AvgIpc) is 2.80. The molecule has 15 heavy (non-hydrogen) atoms. The lowest BCUT2D eigenvalue weighted by Gasteiger charge is -2.05. The summed E-state index contributed by atoms with van der Waals surface area (Å²) >= 11 is 0. The fraction of sp³-hybridized carbons (Fsp3) is 1.00. The van der Waals surface area contributed by atoms with Crippen LogP contribution in [0.4, 0.5) is 0 Å². The van der Waals surface area contributed by atoms with Gasteiger partial charge in [0.1, 0.15) is 0 Å². The molecule has 2 aliphatic rings. The summed E-state index contributed by atoms with van der Waals surface area (Å²) in [5.41, 5.74) is 0. The lowest BCUT2D eigenvalue weighted by atomic mass is 10.9. The highest BCUT2D eigenvalue weighted by Gasteiger charge is 2.35. The van der Waals surface area contributed by atoms with E-state index >= 15 is 0 Å². The van der Waals surface area contributed by atoms with E-state index in [1.807, 2.05) is 0 Å².